The molecule has 0 aromatic heterocycles. The summed E-state index contributed by atoms with van der Waals surface area (Å²) < 4.78 is 131. The van der Waals surface area contributed by atoms with Crippen LogP contribution in [0.5, 0.6) is 0 Å². The molecule has 0 aromatic carbocycles. The topological polar surface area (TPSA) is 27.7 Å². The van der Waals surface area contributed by atoms with Crippen molar-refractivity contribution in [1.82, 2.24) is 0 Å². The summed E-state index contributed by atoms with van der Waals surface area (Å²) in [5, 5.41) is 0. The molecule has 0 fully saturated rings. The second-order valence-corrected chi connectivity index (χ2v) is 7.80. The Morgan fingerprint density at radius 1 is 0.774 bits per heavy atom. The van der Waals surface area contributed by atoms with Crippen molar-refractivity contribution in [2.75, 3.05) is 37.9 Å². The summed E-state index contributed by atoms with van der Waals surface area (Å²) in [7, 11) is 0. The van der Waals surface area contributed by atoms with E-state index in [2.05, 4.69) is 13.2 Å². The standard InChI is InChI=1S/C18H25F9O3S/c1-4-14(11-28-5-2,12-29-6-3)13-30-8-10-31-9-7-15(19,20)16(21,22)17(23,24)18(25,26)27/h5-6H,2-4,7-13H2,1H3. The minimum absolute atomic E-state index is 0.0156. The van der Waals surface area contributed by atoms with E-state index in [4.69, 9.17) is 14.2 Å². The molecule has 0 atom stereocenters. The predicted molar refractivity (Wildman–Crippen MR) is 98.7 cm³/mol. The molecule has 0 aliphatic rings. The number of alkyl halides is 9. The molecule has 0 heterocycles. The monoisotopic (exact) mass is 492 g/mol. The quantitative estimate of drug-likeness (QED) is 0.135. The minimum Gasteiger partial charge on any atom is -0.501 e. The Morgan fingerprint density at radius 2 is 1.29 bits per heavy atom. The molecule has 0 radical (unpaired) electrons. The summed E-state index contributed by atoms with van der Waals surface area (Å²) in [5.41, 5.74) is -0.578. The Kier molecular flexibility index (Phi) is 11.6. The maximum atomic E-state index is 13.4. The highest BCUT2D eigenvalue weighted by atomic mass is 32.2. The molecule has 0 aromatic rings. The third-order valence-corrected chi connectivity index (χ3v) is 5.26. The first kappa shape index (κ1) is 29.8. The Labute approximate surface area is 179 Å². The number of thioether (sulfide) groups is 1. The van der Waals surface area contributed by atoms with Crippen molar-refractivity contribution >= 4 is 11.8 Å². The second-order valence-electron chi connectivity index (χ2n) is 6.57. The normalized spacial score (nSPS) is 13.7. The largest absolute Gasteiger partial charge is 0.501 e. The van der Waals surface area contributed by atoms with Gasteiger partial charge in [0.1, 0.15) is 0 Å². The molecule has 0 rings (SSSR count). The molecule has 0 aliphatic carbocycles. The average molecular weight is 492 g/mol. The summed E-state index contributed by atoms with van der Waals surface area (Å²) >= 11 is 0.649. The molecule has 0 N–H and O–H groups in total. The summed E-state index contributed by atoms with van der Waals surface area (Å²) in [6, 6.07) is 0. The smallest absolute Gasteiger partial charge is 0.460 e. The van der Waals surface area contributed by atoms with Gasteiger partial charge in [-0.3, -0.25) is 0 Å². The maximum absolute atomic E-state index is 13.4. The SMILES string of the molecule is C=COCC(CC)(COC=C)COCCSCCC(F)(F)C(F)(F)C(F)(F)C(F)(F)F. The molecular weight excluding hydrogens is 467 g/mol. The van der Waals surface area contributed by atoms with Crippen molar-refractivity contribution in [3.05, 3.63) is 25.7 Å². The van der Waals surface area contributed by atoms with E-state index in [9.17, 15) is 39.5 Å². The van der Waals surface area contributed by atoms with Crippen molar-refractivity contribution < 1.29 is 53.7 Å². The van der Waals surface area contributed by atoms with Crippen LogP contribution in [0.1, 0.15) is 19.8 Å². The lowest BCUT2D eigenvalue weighted by atomic mass is 9.88. The third-order valence-electron chi connectivity index (χ3n) is 4.32. The molecule has 3 nitrogen and oxygen atoms in total. The molecule has 184 valence electrons. The van der Waals surface area contributed by atoms with Gasteiger partial charge in [-0.05, 0) is 12.2 Å². The highest BCUT2D eigenvalue weighted by molar-refractivity contribution is 7.99. The van der Waals surface area contributed by atoms with Crippen LogP contribution in [0.3, 0.4) is 0 Å². The summed E-state index contributed by atoms with van der Waals surface area (Å²) in [4.78, 5) is 0. The van der Waals surface area contributed by atoms with Gasteiger partial charge >= 0.3 is 23.9 Å². The molecule has 31 heavy (non-hydrogen) atoms. The van der Waals surface area contributed by atoms with E-state index in [0.29, 0.717) is 18.2 Å². The van der Waals surface area contributed by atoms with E-state index in [1.807, 2.05) is 6.92 Å². The van der Waals surface area contributed by atoms with Crippen LogP contribution in [-0.2, 0) is 14.2 Å². The Bertz CT molecular complexity index is 542. The van der Waals surface area contributed by atoms with E-state index in [1.165, 1.54) is 12.5 Å². The van der Waals surface area contributed by atoms with Crippen molar-refractivity contribution in [1.29, 1.82) is 0 Å². The number of halogens is 9. The molecule has 13 heteroatoms. The van der Waals surface area contributed by atoms with Gasteiger partial charge in [-0.2, -0.15) is 51.3 Å². The molecule has 0 unspecified atom stereocenters. The zero-order valence-electron chi connectivity index (χ0n) is 16.8. The van der Waals surface area contributed by atoms with Crippen molar-refractivity contribution in [2.24, 2.45) is 5.41 Å². The zero-order valence-corrected chi connectivity index (χ0v) is 17.6. The van der Waals surface area contributed by atoms with Crippen LogP contribution in [0.15, 0.2) is 25.7 Å². The third kappa shape index (κ3) is 7.99. The lowest BCUT2D eigenvalue weighted by Crippen LogP contribution is -2.60. The van der Waals surface area contributed by atoms with Gasteiger partial charge in [0.05, 0.1) is 44.4 Å². The Balaban J connectivity index is 4.58. The van der Waals surface area contributed by atoms with Crippen LogP contribution >= 0.6 is 11.8 Å². The first-order chi connectivity index (χ1) is 14.1. The van der Waals surface area contributed by atoms with E-state index in [-0.39, 0.29) is 32.2 Å². The van der Waals surface area contributed by atoms with Gasteiger partial charge in [0.2, 0.25) is 0 Å². The summed E-state index contributed by atoms with van der Waals surface area (Å²) in [6.07, 6.45) is -5.65. The van der Waals surface area contributed by atoms with E-state index in [1.54, 1.807) is 0 Å². The van der Waals surface area contributed by atoms with Crippen LogP contribution in [-0.4, -0.2) is 61.9 Å². The fourth-order valence-electron chi connectivity index (χ4n) is 2.18. The molecule has 0 saturated heterocycles. The highest BCUT2D eigenvalue weighted by Crippen LogP contribution is 2.54. The number of hydrogen-bond donors (Lipinski definition) is 0. The van der Waals surface area contributed by atoms with Gasteiger partial charge in [-0.25, -0.2) is 0 Å². The Hall–Kier alpha value is -1.24. The van der Waals surface area contributed by atoms with Crippen LogP contribution in [0.25, 0.3) is 0 Å². The van der Waals surface area contributed by atoms with Gasteiger partial charge in [-0.15, -0.1) is 0 Å². The highest BCUT2D eigenvalue weighted by Gasteiger charge is 2.81. The molecule has 0 aliphatic heterocycles. The summed E-state index contributed by atoms with van der Waals surface area (Å²) in [5.74, 6) is -19.8. The number of hydrogen-bond acceptors (Lipinski definition) is 4. The second kappa shape index (κ2) is 12.1. The van der Waals surface area contributed by atoms with Crippen LogP contribution in [0.4, 0.5) is 39.5 Å². The van der Waals surface area contributed by atoms with Gasteiger partial charge < -0.3 is 14.2 Å². The lowest BCUT2D eigenvalue weighted by Gasteiger charge is -2.33. The van der Waals surface area contributed by atoms with Gasteiger partial charge in [0.15, 0.2) is 0 Å². The predicted octanol–water partition coefficient (Wildman–Crippen LogP) is 6.31. The fourth-order valence-corrected chi connectivity index (χ4v) is 3.02. The molecule has 0 bridgehead atoms. The van der Waals surface area contributed by atoms with Crippen LogP contribution < -0.4 is 0 Å². The van der Waals surface area contributed by atoms with Gasteiger partial charge in [-0.1, -0.05) is 20.1 Å². The maximum Gasteiger partial charge on any atom is 0.460 e. The van der Waals surface area contributed by atoms with E-state index in [0.717, 1.165) is 0 Å². The molecule has 0 spiro atoms. The molecule has 0 amide bonds. The van der Waals surface area contributed by atoms with Gasteiger partial charge in [0.25, 0.3) is 0 Å². The van der Waals surface area contributed by atoms with Crippen LogP contribution in [0.2, 0.25) is 0 Å². The first-order valence-electron chi connectivity index (χ1n) is 8.95. The van der Waals surface area contributed by atoms with E-state index < -0.39 is 41.5 Å². The fraction of sp³-hybridized carbons (Fsp3) is 0.778. The Morgan fingerprint density at radius 3 is 1.71 bits per heavy atom. The summed E-state index contributed by atoms with van der Waals surface area (Å²) in [6.45, 7) is 9.19. The van der Waals surface area contributed by atoms with Crippen molar-refractivity contribution in [3.8, 4) is 0 Å². The average Bonchev–Trinajstić information content (AvgIpc) is 2.67. The molecular formula is C18H25F9O3S. The minimum atomic E-state index is -6.86. The van der Waals surface area contributed by atoms with Crippen molar-refractivity contribution in [3.63, 3.8) is 0 Å². The lowest BCUT2D eigenvalue weighted by molar-refractivity contribution is -0.396. The first-order valence-corrected chi connectivity index (χ1v) is 10.1. The number of rotatable bonds is 17. The zero-order chi connectivity index (χ0) is 24.4. The number of ether oxygens (including phenoxy) is 3. The van der Waals surface area contributed by atoms with Crippen molar-refractivity contribution in [2.45, 2.75) is 43.7 Å². The van der Waals surface area contributed by atoms with Crippen LogP contribution in [0, 0.1) is 5.41 Å². The molecule has 0 saturated carbocycles. The van der Waals surface area contributed by atoms with Gasteiger partial charge in [0, 0.05) is 12.2 Å². The van der Waals surface area contributed by atoms with E-state index >= 15 is 0 Å².